The van der Waals surface area contributed by atoms with E-state index in [0.717, 1.165) is 29.1 Å². The number of carbonyl (C=O) groups excluding carboxylic acids is 2. The number of nitrogens with zero attached hydrogens (tertiary/aromatic N) is 1. The van der Waals surface area contributed by atoms with Crippen molar-refractivity contribution >= 4 is 41.0 Å². The van der Waals surface area contributed by atoms with Gasteiger partial charge in [-0.1, -0.05) is 43.9 Å². The maximum atomic E-state index is 11.8. The van der Waals surface area contributed by atoms with Crippen LogP contribution in [0, 0.1) is 0 Å². The van der Waals surface area contributed by atoms with Gasteiger partial charge in [0.2, 0.25) is 0 Å². The molecule has 1 N–H and O–H groups in total. The second kappa shape index (κ2) is 14.6. The van der Waals surface area contributed by atoms with E-state index in [1.54, 1.807) is 36.9 Å². The van der Waals surface area contributed by atoms with Crippen LogP contribution in [0.1, 0.15) is 64.5 Å². The quantitative estimate of drug-likeness (QED) is 0.0597. The molecule has 0 bridgehead atoms. The van der Waals surface area contributed by atoms with Gasteiger partial charge >= 0.3 is 11.9 Å². The smallest absolute Gasteiger partial charge is 0.310 e. The van der Waals surface area contributed by atoms with E-state index >= 15 is 0 Å². The first-order valence-corrected chi connectivity index (χ1v) is 13.0. The number of ether oxygens (including phenoxy) is 3. The molecule has 0 unspecified atom stereocenters. The third-order valence-electron chi connectivity index (χ3n) is 4.96. The van der Waals surface area contributed by atoms with Gasteiger partial charge in [0.15, 0.2) is 0 Å². The summed E-state index contributed by atoms with van der Waals surface area (Å²) in [5.74, 6) is 1.48. The van der Waals surface area contributed by atoms with Crippen molar-refractivity contribution < 1.29 is 29.0 Å². The number of carbonyl (C=O) groups is 2. The van der Waals surface area contributed by atoms with Crippen LogP contribution in [0.5, 0.6) is 17.2 Å². The zero-order valence-electron chi connectivity index (χ0n) is 20.6. The van der Waals surface area contributed by atoms with Crippen LogP contribution in [-0.4, -0.2) is 35.2 Å². The fraction of sp³-hybridized carbons (Fsp3) is 0.423. The number of esters is 2. The highest BCUT2D eigenvalue weighted by molar-refractivity contribution is 7.99. The molecule has 0 aliphatic carbocycles. The summed E-state index contributed by atoms with van der Waals surface area (Å²) < 4.78 is 16.8. The van der Waals surface area contributed by atoms with Crippen molar-refractivity contribution in [2.24, 2.45) is 5.16 Å². The average Bonchev–Trinajstić information content (AvgIpc) is 2.83. The minimum absolute atomic E-state index is 0.300. The van der Waals surface area contributed by atoms with Gasteiger partial charge in [0.1, 0.15) is 17.2 Å². The minimum Gasteiger partial charge on any atom is -0.493 e. The number of benzene rings is 2. The minimum atomic E-state index is -0.446. The number of thioether (sulfide) groups is 1. The van der Waals surface area contributed by atoms with Crippen LogP contribution < -0.4 is 14.2 Å². The summed E-state index contributed by atoms with van der Waals surface area (Å²) in [5, 5.41) is 13.3. The van der Waals surface area contributed by atoms with Crippen LogP contribution >= 0.6 is 23.4 Å². The predicted octanol–water partition coefficient (Wildman–Crippen LogP) is 6.68. The molecule has 35 heavy (non-hydrogen) atoms. The maximum absolute atomic E-state index is 11.8. The van der Waals surface area contributed by atoms with E-state index in [-0.39, 0.29) is 5.97 Å². The van der Waals surface area contributed by atoms with Crippen molar-refractivity contribution in [1.82, 2.24) is 0 Å². The second-order valence-corrected chi connectivity index (χ2v) is 9.18. The van der Waals surface area contributed by atoms with Crippen LogP contribution in [0.25, 0.3) is 0 Å². The molecule has 0 saturated carbocycles. The summed E-state index contributed by atoms with van der Waals surface area (Å²) in [6.45, 7) is 7.44. The molecule has 2 aromatic rings. The predicted molar refractivity (Wildman–Crippen MR) is 139 cm³/mol. The molecular weight excluding hydrogens is 490 g/mol. The lowest BCUT2D eigenvalue weighted by Gasteiger charge is -2.18. The van der Waals surface area contributed by atoms with E-state index in [4.69, 9.17) is 25.8 Å². The molecule has 2 aromatic carbocycles. The Morgan fingerprint density at radius 1 is 1.09 bits per heavy atom. The monoisotopic (exact) mass is 521 g/mol. The van der Waals surface area contributed by atoms with Gasteiger partial charge in [-0.15, -0.1) is 11.8 Å². The van der Waals surface area contributed by atoms with Crippen molar-refractivity contribution in [3.8, 4) is 17.2 Å². The van der Waals surface area contributed by atoms with E-state index in [0.29, 0.717) is 59.4 Å². The number of hydrogen-bond donors (Lipinski definition) is 1. The molecule has 0 aliphatic heterocycles. The Balaban J connectivity index is 2.06. The first kappa shape index (κ1) is 28.5. The van der Waals surface area contributed by atoms with E-state index in [9.17, 15) is 14.8 Å². The van der Waals surface area contributed by atoms with Gasteiger partial charge in [-0.2, -0.15) is 0 Å². The summed E-state index contributed by atoms with van der Waals surface area (Å²) >= 11 is 7.92. The molecule has 0 fully saturated rings. The first-order valence-electron chi connectivity index (χ1n) is 11.7. The Kier molecular flexibility index (Phi) is 11.9. The van der Waals surface area contributed by atoms with Crippen LogP contribution in [0.4, 0.5) is 0 Å². The van der Waals surface area contributed by atoms with Gasteiger partial charge in [-0.3, -0.25) is 9.59 Å². The van der Waals surface area contributed by atoms with E-state index in [2.05, 4.69) is 5.16 Å². The van der Waals surface area contributed by atoms with Crippen LogP contribution in [0.15, 0.2) is 40.4 Å². The Hall–Kier alpha value is -2.71. The molecule has 0 atom stereocenters. The van der Waals surface area contributed by atoms with Crippen LogP contribution in [-0.2, 0) is 16.0 Å². The molecule has 0 aliphatic rings. The molecule has 9 heteroatoms. The molecule has 2 rings (SSSR count). The van der Waals surface area contributed by atoms with Gasteiger partial charge in [-0.05, 0) is 43.5 Å². The Morgan fingerprint density at radius 2 is 1.86 bits per heavy atom. The summed E-state index contributed by atoms with van der Waals surface area (Å²) in [5.41, 5.74) is 1.80. The van der Waals surface area contributed by atoms with Crippen LogP contribution in [0.2, 0.25) is 5.02 Å². The fourth-order valence-corrected chi connectivity index (χ4v) is 4.50. The number of hydrogen-bond acceptors (Lipinski definition) is 8. The topological polar surface area (TPSA) is 94.4 Å². The number of oxime groups is 1. The Labute approximate surface area is 215 Å². The van der Waals surface area contributed by atoms with Crippen molar-refractivity contribution in [3.05, 3.63) is 46.5 Å². The van der Waals surface area contributed by atoms with Gasteiger partial charge in [0.25, 0.3) is 0 Å². The fourth-order valence-electron chi connectivity index (χ4n) is 3.32. The zero-order valence-corrected chi connectivity index (χ0v) is 22.1. The summed E-state index contributed by atoms with van der Waals surface area (Å²) in [4.78, 5) is 24.1. The highest BCUT2D eigenvalue weighted by Crippen LogP contribution is 2.35. The lowest BCUT2D eigenvalue weighted by molar-refractivity contribution is -0.134. The Morgan fingerprint density at radius 3 is 2.46 bits per heavy atom. The number of rotatable bonds is 13. The lowest BCUT2D eigenvalue weighted by Crippen LogP contribution is -2.12. The molecule has 0 amide bonds. The standard InChI is InChI=1S/C26H32ClNO6S/c1-5-9-20-23(12-11-19(22(6-2)28-31)26(20)33-17(4)29)32-14-8-15-35-24-13-10-18(16-21(24)27)34-25(30)7-3/h10-13,16,31H,5-9,14-15H2,1-4H3. The van der Waals surface area contributed by atoms with Crippen molar-refractivity contribution in [2.45, 2.75) is 64.7 Å². The largest absolute Gasteiger partial charge is 0.493 e. The molecule has 0 aromatic heterocycles. The zero-order chi connectivity index (χ0) is 25.8. The molecule has 7 nitrogen and oxygen atoms in total. The second-order valence-electron chi connectivity index (χ2n) is 7.63. The maximum Gasteiger partial charge on any atom is 0.310 e. The van der Waals surface area contributed by atoms with Crippen molar-refractivity contribution in [2.75, 3.05) is 12.4 Å². The van der Waals surface area contributed by atoms with Crippen molar-refractivity contribution in [1.29, 1.82) is 0 Å². The summed E-state index contributed by atoms with van der Waals surface area (Å²) in [7, 11) is 0. The number of halogens is 1. The highest BCUT2D eigenvalue weighted by Gasteiger charge is 2.20. The molecule has 0 saturated heterocycles. The Bertz CT molecular complexity index is 1060. The van der Waals surface area contributed by atoms with Gasteiger partial charge in [0.05, 0.1) is 17.3 Å². The molecule has 0 spiro atoms. The lowest BCUT2D eigenvalue weighted by atomic mass is 9.99. The van der Waals surface area contributed by atoms with E-state index in [1.165, 1.54) is 6.92 Å². The SMILES string of the molecule is CCCc1c(OCCCSc2ccc(OC(=O)CC)cc2Cl)ccc(C(CC)=NO)c1OC(C)=O. The summed E-state index contributed by atoms with van der Waals surface area (Å²) in [6.07, 6.45) is 3.01. The molecular formula is C26H32ClNO6S. The van der Waals surface area contributed by atoms with Gasteiger partial charge in [-0.25, -0.2) is 0 Å². The molecule has 190 valence electrons. The normalized spacial score (nSPS) is 11.3. The highest BCUT2D eigenvalue weighted by atomic mass is 35.5. The molecule has 0 heterocycles. The van der Waals surface area contributed by atoms with E-state index in [1.807, 2.05) is 26.0 Å². The van der Waals surface area contributed by atoms with E-state index < -0.39 is 5.97 Å². The van der Waals surface area contributed by atoms with Crippen LogP contribution in [0.3, 0.4) is 0 Å². The third-order valence-corrected chi connectivity index (χ3v) is 6.54. The van der Waals surface area contributed by atoms with Crippen molar-refractivity contribution in [3.63, 3.8) is 0 Å². The molecule has 0 radical (unpaired) electrons. The van der Waals surface area contributed by atoms with Gasteiger partial charge in [0, 0.05) is 41.2 Å². The first-order chi connectivity index (χ1) is 16.8. The summed E-state index contributed by atoms with van der Waals surface area (Å²) in [6, 6.07) is 8.79. The third kappa shape index (κ3) is 8.47. The van der Waals surface area contributed by atoms with Gasteiger partial charge < -0.3 is 19.4 Å². The average molecular weight is 522 g/mol.